The van der Waals surface area contributed by atoms with E-state index >= 15 is 0 Å². The largest absolute Gasteiger partial charge is 0.497 e. The lowest BCUT2D eigenvalue weighted by atomic mass is 9.99. The third-order valence-corrected chi connectivity index (χ3v) is 5.06. The maximum atomic E-state index is 5.50. The SMILES string of the molecule is CN=C(NCCN1CCC(C)CC1)N(C)Cc1ccc(OC)cc1OC.I. The Balaban J connectivity index is 0.00000364. The Morgan fingerprint density at radius 2 is 1.96 bits per heavy atom. The summed E-state index contributed by atoms with van der Waals surface area (Å²) in [5, 5.41) is 3.48. The average Bonchev–Trinajstić information content (AvgIpc) is 2.66. The van der Waals surface area contributed by atoms with Crippen molar-refractivity contribution in [2.75, 3.05) is 54.5 Å². The number of nitrogens with one attached hydrogen (secondary N) is 1. The molecule has 0 amide bonds. The molecule has 1 aliphatic rings. The fourth-order valence-corrected chi connectivity index (χ4v) is 3.31. The highest BCUT2D eigenvalue weighted by molar-refractivity contribution is 14.0. The number of rotatable bonds is 7. The fourth-order valence-electron chi connectivity index (χ4n) is 3.31. The van der Waals surface area contributed by atoms with E-state index in [4.69, 9.17) is 9.47 Å². The van der Waals surface area contributed by atoms with Crippen LogP contribution in [-0.2, 0) is 6.54 Å². The van der Waals surface area contributed by atoms with Crippen molar-refractivity contribution in [3.8, 4) is 11.5 Å². The highest BCUT2D eigenvalue weighted by Gasteiger charge is 2.16. The molecule has 1 aromatic rings. The summed E-state index contributed by atoms with van der Waals surface area (Å²) in [4.78, 5) is 9.06. The molecule has 1 saturated heterocycles. The number of nitrogens with zero attached hydrogens (tertiary/aromatic N) is 3. The van der Waals surface area contributed by atoms with Gasteiger partial charge in [0.05, 0.1) is 14.2 Å². The van der Waals surface area contributed by atoms with Gasteiger partial charge in [-0.3, -0.25) is 4.99 Å². The zero-order valence-corrected chi connectivity index (χ0v) is 19.7. The second-order valence-electron chi connectivity index (χ2n) is 7.03. The average molecular weight is 490 g/mol. The van der Waals surface area contributed by atoms with Crippen LogP contribution in [0.25, 0.3) is 0 Å². The molecular formula is C20H35IN4O2. The summed E-state index contributed by atoms with van der Waals surface area (Å²) in [5.74, 6) is 3.39. The van der Waals surface area contributed by atoms with Crippen LogP contribution in [-0.4, -0.2) is 70.3 Å². The number of piperidine rings is 1. The van der Waals surface area contributed by atoms with Gasteiger partial charge in [-0.25, -0.2) is 0 Å². The molecule has 0 aromatic heterocycles. The highest BCUT2D eigenvalue weighted by Crippen LogP contribution is 2.25. The van der Waals surface area contributed by atoms with Crippen LogP contribution in [0, 0.1) is 5.92 Å². The van der Waals surface area contributed by atoms with Gasteiger partial charge < -0.3 is 24.6 Å². The van der Waals surface area contributed by atoms with Gasteiger partial charge in [-0.15, -0.1) is 24.0 Å². The Bertz CT molecular complexity index is 589. The number of hydrogen-bond donors (Lipinski definition) is 1. The molecule has 1 heterocycles. The Labute approximate surface area is 181 Å². The molecule has 1 aromatic carbocycles. The van der Waals surface area contributed by atoms with Crippen LogP contribution < -0.4 is 14.8 Å². The molecule has 1 aliphatic heterocycles. The predicted octanol–water partition coefficient (Wildman–Crippen LogP) is 3.06. The van der Waals surface area contributed by atoms with Gasteiger partial charge in [-0.1, -0.05) is 6.92 Å². The Kier molecular flexibility index (Phi) is 10.8. The second kappa shape index (κ2) is 12.3. The monoisotopic (exact) mass is 490 g/mol. The quantitative estimate of drug-likeness (QED) is 0.362. The van der Waals surface area contributed by atoms with Gasteiger partial charge in [0.15, 0.2) is 5.96 Å². The van der Waals surface area contributed by atoms with Crippen molar-refractivity contribution in [1.29, 1.82) is 0 Å². The molecule has 0 atom stereocenters. The standard InChI is InChI=1S/C20H34N4O2.HI/c1-16-8-11-24(12-9-16)13-10-22-20(21-2)23(3)15-17-6-7-18(25-4)14-19(17)26-5;/h6-7,14,16H,8-13,15H2,1-5H3,(H,21,22);1H. The molecule has 1 fully saturated rings. The molecule has 2 rings (SSSR count). The molecular weight excluding hydrogens is 455 g/mol. The first-order valence-corrected chi connectivity index (χ1v) is 9.42. The van der Waals surface area contributed by atoms with Crippen molar-refractivity contribution in [3.05, 3.63) is 23.8 Å². The number of ether oxygens (including phenoxy) is 2. The predicted molar refractivity (Wildman–Crippen MR) is 123 cm³/mol. The summed E-state index contributed by atoms with van der Waals surface area (Å²) in [6, 6.07) is 5.91. The molecule has 0 unspecified atom stereocenters. The summed E-state index contributed by atoms with van der Waals surface area (Å²) in [6.07, 6.45) is 2.62. The van der Waals surface area contributed by atoms with Crippen LogP contribution in [0.4, 0.5) is 0 Å². The smallest absolute Gasteiger partial charge is 0.193 e. The molecule has 1 N–H and O–H groups in total. The van der Waals surface area contributed by atoms with Crippen molar-refractivity contribution in [1.82, 2.24) is 15.1 Å². The van der Waals surface area contributed by atoms with Gasteiger partial charge in [0.25, 0.3) is 0 Å². The number of aliphatic imine (C=N–C) groups is 1. The van der Waals surface area contributed by atoms with Crippen LogP contribution in [0.15, 0.2) is 23.2 Å². The van der Waals surface area contributed by atoms with Crippen LogP contribution in [0.2, 0.25) is 0 Å². The summed E-state index contributed by atoms with van der Waals surface area (Å²) in [7, 11) is 7.22. The summed E-state index contributed by atoms with van der Waals surface area (Å²) in [5.41, 5.74) is 1.10. The van der Waals surface area contributed by atoms with Crippen LogP contribution in [0.5, 0.6) is 11.5 Å². The van der Waals surface area contributed by atoms with E-state index in [9.17, 15) is 0 Å². The van der Waals surface area contributed by atoms with Gasteiger partial charge in [0, 0.05) is 45.4 Å². The molecule has 0 spiro atoms. The van der Waals surface area contributed by atoms with E-state index in [-0.39, 0.29) is 24.0 Å². The number of likely N-dealkylation sites (tertiary alicyclic amines) is 1. The van der Waals surface area contributed by atoms with E-state index in [1.807, 2.05) is 32.3 Å². The Morgan fingerprint density at radius 3 is 2.56 bits per heavy atom. The van der Waals surface area contributed by atoms with Crippen molar-refractivity contribution in [3.63, 3.8) is 0 Å². The van der Waals surface area contributed by atoms with Crippen LogP contribution >= 0.6 is 24.0 Å². The minimum absolute atomic E-state index is 0. The summed E-state index contributed by atoms with van der Waals surface area (Å²) >= 11 is 0. The third-order valence-electron chi connectivity index (χ3n) is 5.06. The Hall–Kier alpha value is -1.22. The maximum absolute atomic E-state index is 5.50. The normalized spacial score (nSPS) is 15.8. The molecule has 7 heteroatoms. The molecule has 6 nitrogen and oxygen atoms in total. The highest BCUT2D eigenvalue weighted by atomic mass is 127. The zero-order valence-electron chi connectivity index (χ0n) is 17.3. The van der Waals surface area contributed by atoms with E-state index in [2.05, 4.69) is 27.0 Å². The van der Waals surface area contributed by atoms with Crippen molar-refractivity contribution >= 4 is 29.9 Å². The van der Waals surface area contributed by atoms with E-state index in [1.54, 1.807) is 14.2 Å². The first-order valence-electron chi connectivity index (χ1n) is 9.42. The van der Waals surface area contributed by atoms with Gasteiger partial charge in [0.1, 0.15) is 11.5 Å². The van der Waals surface area contributed by atoms with E-state index in [0.717, 1.165) is 42.0 Å². The van der Waals surface area contributed by atoms with E-state index < -0.39 is 0 Å². The van der Waals surface area contributed by atoms with Gasteiger partial charge in [0.2, 0.25) is 0 Å². The van der Waals surface area contributed by atoms with Crippen molar-refractivity contribution < 1.29 is 9.47 Å². The maximum Gasteiger partial charge on any atom is 0.193 e. The van der Waals surface area contributed by atoms with Crippen molar-refractivity contribution in [2.24, 2.45) is 10.9 Å². The molecule has 0 saturated carbocycles. The van der Waals surface area contributed by atoms with Gasteiger partial charge in [-0.05, 0) is 44.0 Å². The lowest BCUT2D eigenvalue weighted by Gasteiger charge is -2.30. The molecule has 0 radical (unpaired) electrons. The summed E-state index contributed by atoms with van der Waals surface area (Å²) < 4.78 is 10.8. The molecule has 0 bridgehead atoms. The number of methoxy groups -OCH3 is 2. The van der Waals surface area contributed by atoms with Gasteiger partial charge in [-0.2, -0.15) is 0 Å². The van der Waals surface area contributed by atoms with Crippen LogP contribution in [0.3, 0.4) is 0 Å². The minimum Gasteiger partial charge on any atom is -0.497 e. The van der Waals surface area contributed by atoms with Crippen molar-refractivity contribution in [2.45, 2.75) is 26.3 Å². The topological polar surface area (TPSA) is 49.3 Å². The third kappa shape index (κ3) is 7.37. The lowest BCUT2D eigenvalue weighted by molar-refractivity contribution is 0.195. The van der Waals surface area contributed by atoms with Crippen LogP contribution in [0.1, 0.15) is 25.3 Å². The first-order chi connectivity index (χ1) is 12.6. The fraction of sp³-hybridized carbons (Fsp3) is 0.650. The van der Waals surface area contributed by atoms with Gasteiger partial charge >= 0.3 is 0 Å². The minimum atomic E-state index is 0. The molecule has 154 valence electrons. The van der Waals surface area contributed by atoms with E-state index in [0.29, 0.717) is 6.54 Å². The zero-order chi connectivity index (χ0) is 18.9. The number of halogens is 1. The lowest BCUT2D eigenvalue weighted by Crippen LogP contribution is -2.43. The molecule has 0 aliphatic carbocycles. The number of hydrogen-bond acceptors (Lipinski definition) is 4. The second-order valence-corrected chi connectivity index (χ2v) is 7.03. The Morgan fingerprint density at radius 1 is 1.26 bits per heavy atom. The first kappa shape index (κ1) is 23.8. The number of benzene rings is 1. The number of guanidine groups is 1. The summed E-state index contributed by atoms with van der Waals surface area (Å²) in [6.45, 7) is 7.45. The molecule has 27 heavy (non-hydrogen) atoms. The van der Waals surface area contributed by atoms with E-state index in [1.165, 1.54) is 25.9 Å².